The summed E-state index contributed by atoms with van der Waals surface area (Å²) in [6, 6.07) is 8.57. The van der Waals surface area contributed by atoms with Crippen LogP contribution in [0.3, 0.4) is 0 Å². The lowest BCUT2D eigenvalue weighted by molar-refractivity contribution is 0.0324. The van der Waals surface area contributed by atoms with E-state index < -0.39 is 10.0 Å². The number of nitrogens with one attached hydrogen (secondary N) is 2. The van der Waals surface area contributed by atoms with Crippen molar-refractivity contribution in [2.24, 2.45) is 0 Å². The summed E-state index contributed by atoms with van der Waals surface area (Å²) in [5.41, 5.74) is 0.663. The summed E-state index contributed by atoms with van der Waals surface area (Å²) in [5.74, 6) is 0. The Bertz CT molecular complexity index is 722. The number of benzene rings is 1. The highest BCUT2D eigenvalue weighted by atomic mass is 32.2. The van der Waals surface area contributed by atoms with Gasteiger partial charge in [-0.15, -0.1) is 0 Å². The Hall–Kier alpha value is -1.54. The molecule has 1 fully saturated rings. The van der Waals surface area contributed by atoms with Gasteiger partial charge in [0, 0.05) is 31.2 Å². The van der Waals surface area contributed by atoms with E-state index >= 15 is 0 Å². The van der Waals surface area contributed by atoms with E-state index in [-0.39, 0.29) is 17.5 Å². The third kappa shape index (κ3) is 3.21. The number of aromatic nitrogens is 1. The van der Waals surface area contributed by atoms with E-state index in [0.29, 0.717) is 24.1 Å². The maximum Gasteiger partial charge on any atom is 0.241 e. The molecular formula is C14H17N3O3S. The molecule has 2 heterocycles. The molecule has 0 aliphatic carbocycles. The average Bonchev–Trinajstić information content (AvgIpc) is 2.53. The van der Waals surface area contributed by atoms with Gasteiger partial charge in [0.15, 0.2) is 0 Å². The summed E-state index contributed by atoms with van der Waals surface area (Å²) < 4.78 is 33.1. The van der Waals surface area contributed by atoms with Gasteiger partial charge in [-0.3, -0.25) is 4.98 Å². The molecule has 0 radical (unpaired) electrons. The van der Waals surface area contributed by atoms with Crippen molar-refractivity contribution in [2.75, 3.05) is 26.2 Å². The second kappa shape index (κ2) is 6.07. The molecular weight excluding hydrogens is 290 g/mol. The Labute approximate surface area is 123 Å². The normalized spacial score (nSPS) is 19.7. The van der Waals surface area contributed by atoms with Gasteiger partial charge < -0.3 is 10.1 Å². The molecule has 1 aliphatic heterocycles. The van der Waals surface area contributed by atoms with Gasteiger partial charge >= 0.3 is 0 Å². The van der Waals surface area contributed by atoms with Gasteiger partial charge in [0.25, 0.3) is 0 Å². The van der Waals surface area contributed by atoms with Gasteiger partial charge in [-0.2, -0.15) is 0 Å². The Morgan fingerprint density at radius 1 is 1.33 bits per heavy atom. The maximum absolute atomic E-state index is 12.5. The minimum absolute atomic E-state index is 0.137. The SMILES string of the molecule is O=S(=O)(NCC1CNCCO1)c1cccc2ncccc12. The third-order valence-electron chi connectivity index (χ3n) is 3.40. The van der Waals surface area contributed by atoms with Crippen molar-refractivity contribution in [3.8, 4) is 0 Å². The van der Waals surface area contributed by atoms with E-state index in [4.69, 9.17) is 4.74 Å². The molecule has 0 amide bonds. The molecule has 21 heavy (non-hydrogen) atoms. The topological polar surface area (TPSA) is 80.3 Å². The predicted molar refractivity (Wildman–Crippen MR) is 79.5 cm³/mol. The van der Waals surface area contributed by atoms with Gasteiger partial charge in [0.1, 0.15) is 0 Å². The fourth-order valence-corrected chi connectivity index (χ4v) is 3.62. The molecule has 1 aliphatic rings. The molecule has 1 aromatic carbocycles. The highest BCUT2D eigenvalue weighted by Crippen LogP contribution is 2.20. The lowest BCUT2D eigenvalue weighted by Gasteiger charge is -2.23. The number of rotatable bonds is 4. The number of fused-ring (bicyclic) bond motifs is 1. The van der Waals surface area contributed by atoms with Gasteiger partial charge in [-0.25, -0.2) is 13.1 Å². The molecule has 2 aromatic rings. The largest absolute Gasteiger partial charge is 0.374 e. The Morgan fingerprint density at radius 2 is 2.24 bits per heavy atom. The first-order valence-corrected chi connectivity index (χ1v) is 8.31. The number of morpholine rings is 1. The Kier molecular flexibility index (Phi) is 4.16. The number of pyridine rings is 1. The van der Waals surface area contributed by atoms with Crippen LogP contribution >= 0.6 is 0 Å². The highest BCUT2D eigenvalue weighted by molar-refractivity contribution is 7.89. The fraction of sp³-hybridized carbons (Fsp3) is 0.357. The van der Waals surface area contributed by atoms with Gasteiger partial charge in [-0.05, 0) is 24.3 Å². The van der Waals surface area contributed by atoms with Gasteiger partial charge in [0.05, 0.1) is 23.1 Å². The molecule has 1 atom stereocenters. The van der Waals surface area contributed by atoms with Crippen LogP contribution < -0.4 is 10.0 Å². The highest BCUT2D eigenvalue weighted by Gasteiger charge is 2.20. The van der Waals surface area contributed by atoms with Crippen LogP contribution in [-0.4, -0.2) is 45.7 Å². The first-order chi connectivity index (χ1) is 10.2. The summed E-state index contributed by atoms with van der Waals surface area (Å²) in [7, 11) is -3.58. The molecule has 0 bridgehead atoms. The van der Waals surface area contributed by atoms with Crippen LogP contribution in [0.4, 0.5) is 0 Å². The minimum atomic E-state index is -3.58. The maximum atomic E-state index is 12.5. The van der Waals surface area contributed by atoms with Gasteiger partial charge in [-0.1, -0.05) is 6.07 Å². The zero-order chi connectivity index (χ0) is 14.7. The van der Waals surface area contributed by atoms with E-state index in [9.17, 15) is 8.42 Å². The second-order valence-corrected chi connectivity index (χ2v) is 6.61. The molecule has 1 unspecified atom stereocenters. The zero-order valence-electron chi connectivity index (χ0n) is 11.5. The number of nitrogens with zero attached hydrogens (tertiary/aromatic N) is 1. The molecule has 6 nitrogen and oxygen atoms in total. The molecule has 2 N–H and O–H groups in total. The monoisotopic (exact) mass is 307 g/mol. The van der Waals surface area contributed by atoms with Crippen LogP contribution in [0.15, 0.2) is 41.4 Å². The van der Waals surface area contributed by atoms with Crippen molar-refractivity contribution in [1.82, 2.24) is 15.0 Å². The standard InChI is InChI=1S/C14H17N3O3S/c18-21(19,17-10-11-9-15-7-8-20-11)14-5-1-4-13-12(14)3-2-6-16-13/h1-6,11,15,17H,7-10H2. The summed E-state index contributed by atoms with van der Waals surface area (Å²) in [4.78, 5) is 4.43. The second-order valence-electron chi connectivity index (χ2n) is 4.88. The Balaban J connectivity index is 1.83. The van der Waals surface area contributed by atoms with Crippen LogP contribution in [0.5, 0.6) is 0 Å². The first-order valence-electron chi connectivity index (χ1n) is 6.82. The van der Waals surface area contributed by atoms with E-state index in [1.807, 2.05) is 0 Å². The van der Waals surface area contributed by atoms with Crippen molar-refractivity contribution < 1.29 is 13.2 Å². The van der Waals surface area contributed by atoms with Crippen LogP contribution in [0.25, 0.3) is 10.9 Å². The molecule has 0 spiro atoms. The van der Waals surface area contributed by atoms with E-state index in [1.165, 1.54) is 0 Å². The molecule has 1 saturated heterocycles. The number of hydrogen-bond donors (Lipinski definition) is 2. The van der Waals surface area contributed by atoms with Crippen LogP contribution in [0.2, 0.25) is 0 Å². The molecule has 3 rings (SSSR count). The van der Waals surface area contributed by atoms with Crippen LogP contribution in [0.1, 0.15) is 0 Å². The van der Waals surface area contributed by atoms with Gasteiger partial charge in [0.2, 0.25) is 10.0 Å². The number of hydrogen-bond acceptors (Lipinski definition) is 5. The Morgan fingerprint density at radius 3 is 3.05 bits per heavy atom. The summed E-state index contributed by atoms with van der Waals surface area (Å²) >= 11 is 0. The summed E-state index contributed by atoms with van der Waals surface area (Å²) in [6.07, 6.45) is 1.51. The van der Waals surface area contributed by atoms with Crippen LogP contribution in [0, 0.1) is 0 Å². The quantitative estimate of drug-likeness (QED) is 0.860. The smallest absolute Gasteiger partial charge is 0.241 e. The molecule has 1 aromatic heterocycles. The van der Waals surface area contributed by atoms with E-state index in [0.717, 1.165) is 6.54 Å². The zero-order valence-corrected chi connectivity index (χ0v) is 12.3. The molecule has 7 heteroatoms. The van der Waals surface area contributed by atoms with Crippen molar-refractivity contribution in [2.45, 2.75) is 11.0 Å². The predicted octanol–water partition coefficient (Wildman–Crippen LogP) is 0.502. The minimum Gasteiger partial charge on any atom is -0.374 e. The first kappa shape index (κ1) is 14.4. The molecule has 112 valence electrons. The third-order valence-corrected chi connectivity index (χ3v) is 4.88. The molecule has 0 saturated carbocycles. The number of ether oxygens (including phenoxy) is 1. The average molecular weight is 307 g/mol. The number of sulfonamides is 1. The van der Waals surface area contributed by atoms with E-state index in [2.05, 4.69) is 15.0 Å². The lowest BCUT2D eigenvalue weighted by atomic mass is 10.2. The van der Waals surface area contributed by atoms with E-state index in [1.54, 1.807) is 36.5 Å². The fourth-order valence-electron chi connectivity index (χ4n) is 2.34. The van der Waals surface area contributed by atoms with Crippen molar-refractivity contribution in [3.05, 3.63) is 36.5 Å². The van der Waals surface area contributed by atoms with Crippen LogP contribution in [-0.2, 0) is 14.8 Å². The van der Waals surface area contributed by atoms with Crippen molar-refractivity contribution in [3.63, 3.8) is 0 Å². The van der Waals surface area contributed by atoms with Crippen molar-refractivity contribution in [1.29, 1.82) is 0 Å². The van der Waals surface area contributed by atoms with Crippen molar-refractivity contribution >= 4 is 20.9 Å². The summed E-state index contributed by atoms with van der Waals surface area (Å²) in [6.45, 7) is 2.31. The lowest BCUT2D eigenvalue weighted by Crippen LogP contribution is -2.45. The summed E-state index contributed by atoms with van der Waals surface area (Å²) in [5, 5.41) is 3.79.